The summed E-state index contributed by atoms with van der Waals surface area (Å²) in [5.74, 6) is -1.44. The topological polar surface area (TPSA) is 113 Å². The monoisotopic (exact) mass is 559 g/mol. The van der Waals surface area contributed by atoms with Crippen LogP contribution in [0.25, 0.3) is 0 Å². The molecule has 0 fully saturated rings. The fraction of sp³-hybridized carbons (Fsp3) is 0.136. The molecule has 0 atom stereocenters. The van der Waals surface area contributed by atoms with Crippen LogP contribution >= 0.6 is 23.2 Å². The van der Waals surface area contributed by atoms with E-state index in [9.17, 15) is 26.0 Å². The van der Waals surface area contributed by atoms with Crippen LogP contribution < -0.4 is 14.3 Å². The number of aryl methyl sites for hydroxylation is 1. The minimum absolute atomic E-state index is 0.0118. The molecule has 3 rings (SSSR count). The van der Waals surface area contributed by atoms with Crippen molar-refractivity contribution in [2.45, 2.75) is 11.8 Å². The molecule has 0 aliphatic carbocycles. The van der Waals surface area contributed by atoms with Gasteiger partial charge in [0, 0.05) is 10.7 Å². The van der Waals surface area contributed by atoms with Crippen molar-refractivity contribution >= 4 is 66.2 Å². The Labute approximate surface area is 212 Å². The number of carbonyl (C=O) groups excluding carboxylic acids is 1. The van der Waals surface area contributed by atoms with Crippen LogP contribution in [0.5, 0.6) is 0 Å². The van der Waals surface area contributed by atoms with Crippen molar-refractivity contribution < 1.29 is 26.0 Å². The van der Waals surface area contributed by atoms with E-state index < -0.39 is 38.3 Å². The minimum atomic E-state index is -3.92. The zero-order valence-electron chi connectivity index (χ0n) is 18.4. The van der Waals surface area contributed by atoms with Gasteiger partial charge in [0.25, 0.3) is 10.0 Å². The zero-order chi connectivity index (χ0) is 26.0. The van der Waals surface area contributed by atoms with Crippen molar-refractivity contribution in [3.8, 4) is 0 Å². The van der Waals surface area contributed by atoms with Gasteiger partial charge in [-0.25, -0.2) is 21.2 Å². The molecule has 3 aromatic carbocycles. The first-order valence-electron chi connectivity index (χ1n) is 9.88. The number of nitrogens with zero attached hydrogens (tertiary/aromatic N) is 1. The molecular weight excluding hydrogens is 540 g/mol. The molecule has 0 unspecified atom stereocenters. The van der Waals surface area contributed by atoms with Gasteiger partial charge in [0.2, 0.25) is 15.9 Å². The number of rotatable bonds is 8. The zero-order valence-corrected chi connectivity index (χ0v) is 21.6. The fourth-order valence-corrected chi connectivity index (χ4v) is 5.21. The highest BCUT2D eigenvalue weighted by Crippen LogP contribution is 2.25. The van der Waals surface area contributed by atoms with Crippen LogP contribution in [0, 0.1) is 12.7 Å². The molecule has 0 radical (unpaired) electrons. The highest BCUT2D eigenvalue weighted by molar-refractivity contribution is 7.92. The minimum Gasteiger partial charge on any atom is -0.325 e. The summed E-state index contributed by atoms with van der Waals surface area (Å²) in [6, 6.07) is 13.3. The maximum Gasteiger partial charge on any atom is 0.261 e. The van der Waals surface area contributed by atoms with Gasteiger partial charge in [-0.2, -0.15) is 0 Å². The maximum absolute atomic E-state index is 13.4. The first-order chi connectivity index (χ1) is 16.3. The van der Waals surface area contributed by atoms with E-state index in [4.69, 9.17) is 23.2 Å². The second kappa shape index (κ2) is 10.4. The number of nitrogens with one attached hydrogen (secondary N) is 2. The van der Waals surface area contributed by atoms with E-state index in [0.29, 0.717) is 10.7 Å². The van der Waals surface area contributed by atoms with Crippen LogP contribution in [-0.4, -0.2) is 35.5 Å². The summed E-state index contributed by atoms with van der Waals surface area (Å²) in [4.78, 5) is 12.4. The van der Waals surface area contributed by atoms with Crippen LogP contribution in [0.15, 0.2) is 65.6 Å². The summed E-state index contributed by atoms with van der Waals surface area (Å²) in [6.07, 6.45) is 0.894. The van der Waals surface area contributed by atoms with Crippen molar-refractivity contribution in [1.82, 2.24) is 0 Å². The van der Waals surface area contributed by atoms with E-state index in [1.165, 1.54) is 36.4 Å². The van der Waals surface area contributed by atoms with Gasteiger partial charge in [-0.05, 0) is 67.1 Å². The lowest BCUT2D eigenvalue weighted by molar-refractivity contribution is -0.114. The Morgan fingerprint density at radius 3 is 2.11 bits per heavy atom. The van der Waals surface area contributed by atoms with Gasteiger partial charge in [-0.3, -0.25) is 13.8 Å². The van der Waals surface area contributed by atoms with Crippen LogP contribution in [0.4, 0.5) is 21.5 Å². The van der Waals surface area contributed by atoms with Crippen LogP contribution in [0.3, 0.4) is 0 Å². The number of hydrogen-bond acceptors (Lipinski definition) is 5. The molecule has 0 heterocycles. The summed E-state index contributed by atoms with van der Waals surface area (Å²) in [5, 5.41) is 2.61. The Kier molecular flexibility index (Phi) is 7.95. The van der Waals surface area contributed by atoms with Gasteiger partial charge in [0.1, 0.15) is 12.4 Å². The third-order valence-corrected chi connectivity index (χ3v) is 7.99. The highest BCUT2D eigenvalue weighted by atomic mass is 35.5. The molecule has 0 aliphatic heterocycles. The second-order valence-corrected chi connectivity index (χ2v) is 11.9. The Bertz CT molecular complexity index is 1480. The van der Waals surface area contributed by atoms with Crippen LogP contribution in [-0.2, 0) is 24.8 Å². The van der Waals surface area contributed by atoms with Crippen molar-refractivity contribution in [2.24, 2.45) is 0 Å². The van der Waals surface area contributed by atoms with Crippen molar-refractivity contribution in [1.29, 1.82) is 0 Å². The van der Waals surface area contributed by atoms with Gasteiger partial charge in [0.05, 0.1) is 27.5 Å². The number of sulfonamides is 2. The number of halogens is 3. The molecule has 0 aliphatic rings. The molecule has 2 N–H and O–H groups in total. The second-order valence-electron chi connectivity index (χ2n) is 7.51. The summed E-state index contributed by atoms with van der Waals surface area (Å²) in [7, 11) is -7.82. The third-order valence-electron chi connectivity index (χ3n) is 4.75. The Hall–Kier alpha value is -2.86. The molecule has 0 saturated heterocycles. The number of hydrogen-bond donors (Lipinski definition) is 2. The Morgan fingerprint density at radius 1 is 0.914 bits per heavy atom. The quantitative estimate of drug-likeness (QED) is 0.417. The maximum atomic E-state index is 13.4. The molecular formula is C22H20Cl2FN3O5S2. The lowest BCUT2D eigenvalue weighted by Crippen LogP contribution is -2.37. The molecule has 8 nitrogen and oxygen atoms in total. The first-order valence-corrected chi connectivity index (χ1v) is 14.0. The molecule has 0 saturated carbocycles. The molecule has 3 aromatic rings. The van der Waals surface area contributed by atoms with Crippen molar-refractivity contribution in [3.05, 3.63) is 82.1 Å². The van der Waals surface area contributed by atoms with E-state index in [1.807, 2.05) is 0 Å². The number of carbonyl (C=O) groups is 1. The van der Waals surface area contributed by atoms with Crippen molar-refractivity contribution in [3.63, 3.8) is 0 Å². The van der Waals surface area contributed by atoms with Crippen LogP contribution in [0.1, 0.15) is 5.56 Å². The van der Waals surface area contributed by atoms with E-state index >= 15 is 0 Å². The summed E-state index contributed by atoms with van der Waals surface area (Å²) in [6.45, 7) is 1.17. The molecule has 13 heteroatoms. The fourth-order valence-electron chi connectivity index (χ4n) is 2.96. The first kappa shape index (κ1) is 26.7. The molecule has 0 aromatic heterocycles. The van der Waals surface area contributed by atoms with Gasteiger partial charge >= 0.3 is 0 Å². The Balaban J connectivity index is 1.72. The predicted molar refractivity (Wildman–Crippen MR) is 136 cm³/mol. The largest absolute Gasteiger partial charge is 0.325 e. The normalized spacial score (nSPS) is 11.7. The van der Waals surface area contributed by atoms with E-state index in [0.717, 1.165) is 28.3 Å². The smallest absolute Gasteiger partial charge is 0.261 e. The van der Waals surface area contributed by atoms with Gasteiger partial charge < -0.3 is 5.32 Å². The molecule has 35 heavy (non-hydrogen) atoms. The lowest BCUT2D eigenvalue weighted by atomic mass is 10.2. The average molecular weight is 560 g/mol. The van der Waals surface area contributed by atoms with E-state index in [1.54, 1.807) is 19.1 Å². The van der Waals surface area contributed by atoms with Crippen LogP contribution in [0.2, 0.25) is 10.0 Å². The summed E-state index contributed by atoms with van der Waals surface area (Å²) >= 11 is 11.8. The van der Waals surface area contributed by atoms with E-state index in [2.05, 4.69) is 10.0 Å². The summed E-state index contributed by atoms with van der Waals surface area (Å²) < 4.78 is 66.3. The van der Waals surface area contributed by atoms with Gasteiger partial charge in [-0.15, -0.1) is 0 Å². The summed E-state index contributed by atoms with van der Waals surface area (Å²) in [5.41, 5.74) is 1.34. The number of anilines is 3. The third kappa shape index (κ3) is 6.85. The van der Waals surface area contributed by atoms with Crippen molar-refractivity contribution in [2.75, 3.05) is 27.1 Å². The van der Waals surface area contributed by atoms with E-state index in [-0.39, 0.29) is 21.3 Å². The lowest BCUT2D eigenvalue weighted by Gasteiger charge is -2.22. The average Bonchev–Trinajstić information content (AvgIpc) is 2.76. The number of benzene rings is 3. The molecule has 0 bridgehead atoms. The van der Waals surface area contributed by atoms with Gasteiger partial charge in [0.15, 0.2) is 0 Å². The van der Waals surface area contributed by atoms with Gasteiger partial charge in [-0.1, -0.05) is 29.3 Å². The molecule has 186 valence electrons. The SMILES string of the molecule is Cc1ccc(NS(=O)(=O)c2ccc(NC(=O)CN(c3ccc(F)c(Cl)c3)S(C)(=O)=O)cc2)cc1Cl. The Morgan fingerprint density at radius 2 is 1.54 bits per heavy atom. The molecule has 1 amide bonds. The number of amides is 1. The molecule has 0 spiro atoms. The highest BCUT2D eigenvalue weighted by Gasteiger charge is 2.22. The standard InChI is InChI=1S/C22H20Cl2FN3O5S2/c1-14-3-4-16(11-19(14)23)27-35(32,33)18-8-5-15(6-9-18)26-22(29)13-28(34(2,30)31)17-7-10-21(25)20(24)12-17/h3-12,27H,13H2,1-2H3,(H,26,29). The predicted octanol–water partition coefficient (Wildman–Crippen LogP) is 4.65.